The molecule has 0 fully saturated rings. The molecular weight excluding hydrogens is 151 g/mol. The summed E-state index contributed by atoms with van der Waals surface area (Å²) < 4.78 is 57.0. The maximum atomic E-state index is 11.4. The predicted octanol–water partition coefficient (Wildman–Crippen LogP) is 0.905. The summed E-state index contributed by atoms with van der Waals surface area (Å²) in [5.41, 5.74) is 0. The van der Waals surface area contributed by atoms with Gasteiger partial charge in [0.2, 0.25) is 0 Å². The van der Waals surface area contributed by atoms with Crippen LogP contribution in [0.5, 0.6) is 0 Å². The average Bonchev–Trinajstić information content (AvgIpc) is 1.78. The van der Waals surface area contributed by atoms with Gasteiger partial charge in [0.15, 0.2) is 0 Å². The number of alkyl halides is 3. The average molecular weight is 160 g/mol. The smallest absolute Gasteiger partial charge is 0.407 e. The fraction of sp³-hybridized carbons (Fsp3) is 0.750. The monoisotopic (exact) mass is 160 g/mol. The zero-order valence-corrected chi connectivity index (χ0v) is 4.66. The first-order valence-corrected chi connectivity index (χ1v) is 2.14. The molecule has 60 valence electrons. The van der Waals surface area contributed by atoms with Gasteiger partial charge in [-0.25, -0.2) is 4.79 Å². The van der Waals surface area contributed by atoms with Crippen LogP contribution in [-0.4, -0.2) is 25.9 Å². The summed E-state index contributed by atoms with van der Waals surface area (Å²) in [7, 11) is -3.03. The van der Waals surface area contributed by atoms with E-state index >= 15 is 0 Å². The molecule has 0 aliphatic carbocycles. The fourth-order valence-electron chi connectivity index (χ4n) is 0.208. The van der Waals surface area contributed by atoms with Gasteiger partial charge in [-0.15, -0.1) is 0 Å². The molecule has 0 saturated carbocycles. The van der Waals surface area contributed by atoms with E-state index in [0.717, 1.165) is 0 Å². The van der Waals surface area contributed by atoms with Crippen molar-refractivity contribution in [1.29, 1.82) is 0 Å². The SMILES string of the molecule is [2H]C([2H])([2H])OC(=O)NCC(F)(F)F. The van der Waals surface area contributed by atoms with Crippen LogP contribution in [0.15, 0.2) is 0 Å². The molecule has 1 amide bonds. The van der Waals surface area contributed by atoms with Gasteiger partial charge in [-0.05, 0) is 0 Å². The number of ether oxygens (including phenoxy) is 1. The predicted molar refractivity (Wildman–Crippen MR) is 26.5 cm³/mol. The van der Waals surface area contributed by atoms with Crippen molar-refractivity contribution in [3.05, 3.63) is 0 Å². The van der Waals surface area contributed by atoms with Crippen molar-refractivity contribution in [2.45, 2.75) is 6.18 Å². The van der Waals surface area contributed by atoms with Gasteiger partial charge in [-0.1, -0.05) is 0 Å². The van der Waals surface area contributed by atoms with Crippen molar-refractivity contribution in [3.63, 3.8) is 0 Å². The number of carbonyl (C=O) groups is 1. The second-order valence-corrected chi connectivity index (χ2v) is 1.36. The highest BCUT2D eigenvalue weighted by Crippen LogP contribution is 2.11. The van der Waals surface area contributed by atoms with Crippen LogP contribution < -0.4 is 5.32 Å². The molecule has 0 aromatic carbocycles. The largest absolute Gasteiger partial charge is 0.453 e. The van der Waals surface area contributed by atoms with Gasteiger partial charge in [0.25, 0.3) is 0 Å². The van der Waals surface area contributed by atoms with E-state index in [2.05, 4.69) is 4.74 Å². The van der Waals surface area contributed by atoms with Gasteiger partial charge in [-0.3, -0.25) is 0 Å². The quantitative estimate of drug-likeness (QED) is 0.619. The Hall–Kier alpha value is -0.940. The van der Waals surface area contributed by atoms with Crippen LogP contribution in [-0.2, 0) is 4.74 Å². The van der Waals surface area contributed by atoms with Crippen LogP contribution in [0.2, 0.25) is 0 Å². The van der Waals surface area contributed by atoms with E-state index in [-0.39, 0.29) is 0 Å². The van der Waals surface area contributed by atoms with Crippen LogP contribution >= 0.6 is 0 Å². The van der Waals surface area contributed by atoms with Crippen LogP contribution in [0.1, 0.15) is 4.11 Å². The van der Waals surface area contributed by atoms with Crippen molar-refractivity contribution < 1.29 is 26.8 Å². The summed E-state index contributed by atoms with van der Waals surface area (Å²) in [4.78, 5) is 10.3. The van der Waals surface area contributed by atoms with Gasteiger partial charge in [0, 0.05) is 0 Å². The molecule has 10 heavy (non-hydrogen) atoms. The Morgan fingerprint density at radius 2 is 2.40 bits per heavy atom. The van der Waals surface area contributed by atoms with Gasteiger partial charge < -0.3 is 10.1 Å². The molecule has 0 unspecified atom stereocenters. The highest BCUT2D eigenvalue weighted by molar-refractivity contribution is 5.66. The maximum absolute atomic E-state index is 11.4. The van der Waals surface area contributed by atoms with Crippen LogP contribution in [0.25, 0.3) is 0 Å². The third-order valence-corrected chi connectivity index (χ3v) is 0.526. The van der Waals surface area contributed by atoms with Crippen molar-refractivity contribution in [3.8, 4) is 0 Å². The first kappa shape index (κ1) is 4.81. The minimum absolute atomic E-state index is 1.23. The standard InChI is InChI=1S/C4H6F3NO2/c1-10-3(9)8-2-4(5,6)7/h2H2,1H3,(H,8,9)/i1D3. The lowest BCUT2D eigenvalue weighted by molar-refractivity contribution is -0.123. The van der Waals surface area contributed by atoms with Crippen molar-refractivity contribution in [2.75, 3.05) is 13.6 Å². The molecule has 6 heteroatoms. The molecule has 0 bridgehead atoms. The summed E-state index contributed by atoms with van der Waals surface area (Å²) in [6.45, 7) is -1.62. The van der Waals surface area contributed by atoms with E-state index in [1.807, 2.05) is 0 Å². The zero-order chi connectivity index (χ0) is 10.7. The van der Waals surface area contributed by atoms with E-state index in [0.29, 0.717) is 0 Å². The molecule has 0 aromatic rings. The maximum Gasteiger partial charge on any atom is 0.407 e. The number of methoxy groups -OCH3 is 1. The van der Waals surface area contributed by atoms with E-state index < -0.39 is 25.9 Å². The summed E-state index contributed by atoms with van der Waals surface area (Å²) in [5, 5.41) is 1.23. The Balaban J connectivity index is 3.78. The number of alkyl carbamates (subject to hydrolysis) is 1. The molecule has 0 aliphatic rings. The second-order valence-electron chi connectivity index (χ2n) is 1.36. The third-order valence-electron chi connectivity index (χ3n) is 0.526. The van der Waals surface area contributed by atoms with Gasteiger partial charge in [0.05, 0.1) is 11.2 Å². The molecule has 0 rings (SSSR count). The number of rotatable bonds is 1. The Labute approximate surface area is 59.4 Å². The Kier molecular flexibility index (Phi) is 1.58. The van der Waals surface area contributed by atoms with Gasteiger partial charge in [0.1, 0.15) is 6.54 Å². The number of hydrogen-bond donors (Lipinski definition) is 1. The lowest BCUT2D eigenvalue weighted by Gasteiger charge is -2.05. The molecule has 0 atom stereocenters. The normalized spacial score (nSPS) is 16.5. The summed E-state index contributed by atoms with van der Waals surface area (Å²) in [6.07, 6.45) is -6.22. The Bertz CT molecular complexity index is 190. The van der Waals surface area contributed by atoms with E-state index in [1.54, 1.807) is 0 Å². The minimum atomic E-state index is -4.59. The first-order valence-electron chi connectivity index (χ1n) is 3.64. The molecule has 0 radical (unpaired) electrons. The number of amides is 1. The molecule has 0 heterocycles. The summed E-state index contributed by atoms with van der Waals surface area (Å²) in [6, 6.07) is 0. The molecule has 3 nitrogen and oxygen atoms in total. The molecule has 0 saturated heterocycles. The third kappa shape index (κ3) is 5.20. The topological polar surface area (TPSA) is 38.3 Å². The van der Waals surface area contributed by atoms with Crippen molar-refractivity contribution in [1.82, 2.24) is 5.32 Å². The van der Waals surface area contributed by atoms with Crippen LogP contribution in [0, 0.1) is 0 Å². The molecule has 0 aliphatic heterocycles. The highest BCUT2D eigenvalue weighted by atomic mass is 19.4. The van der Waals surface area contributed by atoms with Crippen molar-refractivity contribution >= 4 is 6.09 Å². The molecule has 1 N–H and O–H groups in total. The molecule has 0 spiro atoms. The first-order chi connectivity index (χ1) is 5.60. The lowest BCUT2D eigenvalue weighted by Crippen LogP contribution is -2.33. The number of hydrogen-bond acceptors (Lipinski definition) is 2. The zero-order valence-electron chi connectivity index (χ0n) is 7.66. The number of nitrogens with one attached hydrogen (secondary N) is 1. The number of halogens is 3. The highest BCUT2D eigenvalue weighted by Gasteiger charge is 2.27. The van der Waals surface area contributed by atoms with E-state index in [9.17, 15) is 18.0 Å². The van der Waals surface area contributed by atoms with Gasteiger partial charge in [-0.2, -0.15) is 13.2 Å². The van der Waals surface area contributed by atoms with Crippen molar-refractivity contribution in [2.24, 2.45) is 0 Å². The Morgan fingerprint density at radius 1 is 1.80 bits per heavy atom. The number of carbonyl (C=O) groups excluding carboxylic acids is 1. The van der Waals surface area contributed by atoms with Gasteiger partial charge >= 0.3 is 12.3 Å². The fourth-order valence-corrected chi connectivity index (χ4v) is 0.208. The van der Waals surface area contributed by atoms with Crippen LogP contribution in [0.3, 0.4) is 0 Å². The summed E-state index contributed by atoms with van der Waals surface area (Å²) >= 11 is 0. The lowest BCUT2D eigenvalue weighted by atomic mass is 10.6. The Morgan fingerprint density at radius 3 is 2.80 bits per heavy atom. The minimum Gasteiger partial charge on any atom is -0.453 e. The molecule has 0 aromatic heterocycles. The van der Waals surface area contributed by atoms with Crippen LogP contribution in [0.4, 0.5) is 18.0 Å². The van der Waals surface area contributed by atoms with E-state index in [1.165, 1.54) is 5.32 Å². The second kappa shape index (κ2) is 3.28. The van der Waals surface area contributed by atoms with E-state index in [4.69, 9.17) is 4.11 Å². The molecular formula is C4H6F3NO2. The summed E-state index contributed by atoms with van der Waals surface area (Å²) in [5.74, 6) is 0.